The normalized spacial score (nSPS) is 20.1. The summed E-state index contributed by atoms with van der Waals surface area (Å²) in [5.74, 6) is 0.575. The second kappa shape index (κ2) is 6.06. The van der Waals surface area contributed by atoms with Gasteiger partial charge in [0.25, 0.3) is 0 Å². The zero-order valence-electron chi connectivity index (χ0n) is 12.8. The minimum Gasteiger partial charge on any atom is -0.327 e. The van der Waals surface area contributed by atoms with Gasteiger partial charge in [0.2, 0.25) is 0 Å². The van der Waals surface area contributed by atoms with Crippen LogP contribution in [-0.2, 0) is 6.42 Å². The molecule has 2 rings (SSSR count). The van der Waals surface area contributed by atoms with Crippen molar-refractivity contribution >= 4 is 0 Å². The van der Waals surface area contributed by atoms with Crippen LogP contribution in [0.15, 0.2) is 18.2 Å². The standard InChI is InChI=1S/C17H28N2/c1-12(2)16(18)9-10-19(4)17-8-7-14-6-5-13(3)11-15(14)17/h5-6,11-12,16-17H,7-10,18H2,1-4H3. The molecule has 0 bridgehead atoms. The van der Waals surface area contributed by atoms with Crippen LogP contribution in [-0.4, -0.2) is 24.5 Å². The van der Waals surface area contributed by atoms with Crippen LogP contribution < -0.4 is 5.73 Å². The van der Waals surface area contributed by atoms with E-state index in [-0.39, 0.29) is 0 Å². The van der Waals surface area contributed by atoms with Gasteiger partial charge in [0.1, 0.15) is 0 Å². The maximum Gasteiger partial charge on any atom is 0.0351 e. The summed E-state index contributed by atoms with van der Waals surface area (Å²) >= 11 is 0. The number of rotatable bonds is 5. The van der Waals surface area contributed by atoms with Gasteiger partial charge >= 0.3 is 0 Å². The van der Waals surface area contributed by atoms with Crippen molar-refractivity contribution in [1.82, 2.24) is 4.90 Å². The van der Waals surface area contributed by atoms with Crippen molar-refractivity contribution in [3.63, 3.8) is 0 Å². The summed E-state index contributed by atoms with van der Waals surface area (Å²) in [7, 11) is 2.25. The summed E-state index contributed by atoms with van der Waals surface area (Å²) in [6.45, 7) is 7.69. The minimum atomic E-state index is 0.320. The average molecular weight is 260 g/mol. The molecular weight excluding hydrogens is 232 g/mol. The molecular formula is C17H28N2. The van der Waals surface area contributed by atoms with Crippen LogP contribution in [0.25, 0.3) is 0 Å². The third-order valence-electron chi connectivity index (χ3n) is 4.55. The molecule has 0 radical (unpaired) electrons. The first-order valence-electron chi connectivity index (χ1n) is 7.54. The van der Waals surface area contributed by atoms with Gasteiger partial charge in [-0.2, -0.15) is 0 Å². The van der Waals surface area contributed by atoms with E-state index in [2.05, 4.69) is 50.9 Å². The number of nitrogens with two attached hydrogens (primary N) is 1. The number of fused-ring (bicyclic) bond motifs is 1. The molecule has 2 heteroatoms. The summed E-state index contributed by atoms with van der Waals surface area (Å²) in [5, 5.41) is 0. The number of benzene rings is 1. The molecule has 2 atom stereocenters. The van der Waals surface area contributed by atoms with Crippen LogP contribution in [0.5, 0.6) is 0 Å². The maximum absolute atomic E-state index is 6.16. The molecule has 106 valence electrons. The first-order valence-corrected chi connectivity index (χ1v) is 7.54. The average Bonchev–Trinajstić information content (AvgIpc) is 2.78. The van der Waals surface area contributed by atoms with Gasteiger partial charge in [0.05, 0.1) is 0 Å². The van der Waals surface area contributed by atoms with Gasteiger partial charge in [-0.05, 0) is 56.8 Å². The molecule has 2 N–H and O–H groups in total. The molecule has 1 aliphatic carbocycles. The lowest BCUT2D eigenvalue weighted by atomic mass is 10.0. The van der Waals surface area contributed by atoms with Gasteiger partial charge in [-0.25, -0.2) is 0 Å². The largest absolute Gasteiger partial charge is 0.327 e. The molecule has 0 saturated carbocycles. The van der Waals surface area contributed by atoms with Crippen LogP contribution >= 0.6 is 0 Å². The fourth-order valence-corrected chi connectivity index (χ4v) is 3.00. The van der Waals surface area contributed by atoms with Gasteiger partial charge < -0.3 is 5.73 Å². The predicted octanol–water partition coefficient (Wildman–Crippen LogP) is 3.29. The molecule has 0 fully saturated rings. The second-order valence-corrected chi connectivity index (χ2v) is 6.43. The van der Waals surface area contributed by atoms with Crippen molar-refractivity contribution in [2.45, 2.75) is 52.1 Å². The van der Waals surface area contributed by atoms with E-state index >= 15 is 0 Å². The SMILES string of the molecule is Cc1ccc2c(c1)C(N(C)CCC(N)C(C)C)CC2. The van der Waals surface area contributed by atoms with Gasteiger partial charge in [-0.1, -0.05) is 37.6 Å². The highest BCUT2D eigenvalue weighted by Gasteiger charge is 2.26. The Morgan fingerprint density at radius 3 is 2.79 bits per heavy atom. The summed E-state index contributed by atoms with van der Waals surface area (Å²) in [4.78, 5) is 2.49. The van der Waals surface area contributed by atoms with E-state index in [1.165, 1.54) is 24.0 Å². The maximum atomic E-state index is 6.16. The van der Waals surface area contributed by atoms with Crippen molar-refractivity contribution in [1.29, 1.82) is 0 Å². The Hall–Kier alpha value is -0.860. The first-order chi connectivity index (χ1) is 8.99. The second-order valence-electron chi connectivity index (χ2n) is 6.43. The Balaban J connectivity index is 1.99. The molecule has 2 unspecified atom stereocenters. The summed E-state index contributed by atoms with van der Waals surface area (Å²) < 4.78 is 0. The third-order valence-corrected chi connectivity index (χ3v) is 4.55. The monoisotopic (exact) mass is 260 g/mol. The van der Waals surface area contributed by atoms with Gasteiger partial charge in [0, 0.05) is 12.1 Å². The molecule has 1 aromatic rings. The molecule has 0 saturated heterocycles. The van der Waals surface area contributed by atoms with Crippen LogP contribution in [0.2, 0.25) is 0 Å². The van der Waals surface area contributed by atoms with E-state index in [4.69, 9.17) is 5.73 Å². The van der Waals surface area contributed by atoms with E-state index in [1.807, 2.05) is 0 Å². The zero-order chi connectivity index (χ0) is 14.0. The van der Waals surface area contributed by atoms with Gasteiger partial charge in [0.15, 0.2) is 0 Å². The molecule has 0 aromatic heterocycles. The summed E-state index contributed by atoms with van der Waals surface area (Å²) in [6, 6.07) is 7.82. The number of hydrogen-bond acceptors (Lipinski definition) is 2. The van der Waals surface area contributed by atoms with Crippen LogP contribution in [0.1, 0.15) is 49.4 Å². The van der Waals surface area contributed by atoms with E-state index in [9.17, 15) is 0 Å². The Morgan fingerprint density at radius 2 is 2.11 bits per heavy atom. The molecule has 19 heavy (non-hydrogen) atoms. The van der Waals surface area contributed by atoms with Crippen LogP contribution in [0, 0.1) is 12.8 Å². The van der Waals surface area contributed by atoms with E-state index < -0.39 is 0 Å². The topological polar surface area (TPSA) is 29.3 Å². The fraction of sp³-hybridized carbons (Fsp3) is 0.647. The smallest absolute Gasteiger partial charge is 0.0351 e. The van der Waals surface area contributed by atoms with Crippen molar-refractivity contribution < 1.29 is 0 Å². The fourth-order valence-electron chi connectivity index (χ4n) is 3.00. The van der Waals surface area contributed by atoms with E-state index in [0.717, 1.165) is 13.0 Å². The summed E-state index contributed by atoms with van der Waals surface area (Å²) in [5.41, 5.74) is 10.6. The lowest BCUT2D eigenvalue weighted by Gasteiger charge is -2.27. The number of nitrogens with zero attached hydrogens (tertiary/aromatic N) is 1. The Kier molecular flexibility index (Phi) is 4.64. The lowest BCUT2D eigenvalue weighted by molar-refractivity contribution is 0.228. The highest BCUT2D eigenvalue weighted by Crippen LogP contribution is 2.35. The van der Waals surface area contributed by atoms with E-state index in [0.29, 0.717) is 18.0 Å². The van der Waals surface area contributed by atoms with Gasteiger partial charge in [-0.3, -0.25) is 4.90 Å². The Morgan fingerprint density at radius 1 is 1.37 bits per heavy atom. The Labute approximate surface area is 118 Å². The number of hydrogen-bond donors (Lipinski definition) is 1. The molecule has 1 aliphatic rings. The molecule has 2 nitrogen and oxygen atoms in total. The highest BCUT2D eigenvalue weighted by atomic mass is 15.1. The van der Waals surface area contributed by atoms with E-state index in [1.54, 1.807) is 5.56 Å². The molecule has 0 amide bonds. The lowest BCUT2D eigenvalue weighted by Crippen LogP contribution is -2.33. The van der Waals surface area contributed by atoms with Crippen molar-refractivity contribution in [3.8, 4) is 0 Å². The molecule has 1 aromatic carbocycles. The van der Waals surface area contributed by atoms with Crippen LogP contribution in [0.3, 0.4) is 0 Å². The zero-order valence-corrected chi connectivity index (χ0v) is 12.8. The number of aryl methyl sites for hydroxylation is 2. The predicted molar refractivity (Wildman–Crippen MR) is 82.3 cm³/mol. The quantitative estimate of drug-likeness (QED) is 0.880. The van der Waals surface area contributed by atoms with Crippen molar-refractivity contribution in [2.24, 2.45) is 11.7 Å². The minimum absolute atomic E-state index is 0.320. The van der Waals surface area contributed by atoms with Gasteiger partial charge in [-0.15, -0.1) is 0 Å². The Bertz CT molecular complexity index is 425. The third kappa shape index (κ3) is 3.37. The summed E-state index contributed by atoms with van der Waals surface area (Å²) in [6.07, 6.45) is 3.57. The first kappa shape index (κ1) is 14.5. The highest BCUT2D eigenvalue weighted by molar-refractivity contribution is 5.37. The van der Waals surface area contributed by atoms with Crippen LogP contribution in [0.4, 0.5) is 0 Å². The molecule has 0 aliphatic heterocycles. The molecule has 0 heterocycles. The molecule has 0 spiro atoms. The van der Waals surface area contributed by atoms with Crippen molar-refractivity contribution in [2.75, 3.05) is 13.6 Å². The van der Waals surface area contributed by atoms with Crippen molar-refractivity contribution in [3.05, 3.63) is 34.9 Å².